The van der Waals surface area contributed by atoms with Crippen molar-refractivity contribution < 1.29 is 4.42 Å². The molecule has 0 N–H and O–H groups in total. The molecule has 13 nitrogen and oxygen atoms in total. The number of hydrogen-bond donors (Lipinski definition) is 0. The van der Waals surface area contributed by atoms with E-state index in [1.165, 1.54) is 102 Å². The lowest BCUT2D eigenvalue weighted by atomic mass is 10.00. The number of para-hydroxylation sites is 11. The molecule has 30 rings (SSSR count). The second kappa shape index (κ2) is 32.7. The van der Waals surface area contributed by atoms with E-state index in [4.69, 9.17) is 34.3 Å². The van der Waals surface area contributed by atoms with E-state index in [9.17, 15) is 0 Å². The van der Waals surface area contributed by atoms with Crippen LogP contribution in [0.2, 0.25) is 0 Å². The number of furan rings is 1. The lowest BCUT2D eigenvalue weighted by molar-refractivity contribution is 0.653. The molecule has 30 aromatic rings. The quantitative estimate of drug-likeness (QED) is 0.125. The SMILES string of the molecule is c1ccc(-c2nc(-c3ccc4c(c3)c3ccccc3n4-c3ccccc3)nc3c2sc2c(-c4ccccc4)nc(-c4ccc5c(c4)c4ccccc4n5-c4ccccc4)nc23)cc1.c1ccc(-n2c3ccccc3c3cc(-c4cccc(-c5cnc6oc7ccccc7c6n5)c4)ccc32)cc1.c1ccc2c(c1)c1ccccc1n2-c1ccc2sc3c(-n4c5ccccc5c5ccccc54)nccc3c2c1. The van der Waals surface area contributed by atoms with E-state index >= 15 is 0 Å². The molecule has 12 heterocycles. The Balaban J connectivity index is 0.000000108. The molecule has 0 spiro atoms. The highest BCUT2D eigenvalue weighted by molar-refractivity contribution is 7.27. The van der Waals surface area contributed by atoms with Crippen molar-refractivity contribution in [2.24, 2.45) is 0 Å². The van der Waals surface area contributed by atoms with Crippen LogP contribution in [0.4, 0.5) is 0 Å². The van der Waals surface area contributed by atoms with Crippen LogP contribution in [0, 0.1) is 0 Å². The van der Waals surface area contributed by atoms with E-state index < -0.39 is 0 Å². The van der Waals surface area contributed by atoms with Crippen LogP contribution in [0.1, 0.15) is 0 Å². The first-order valence-corrected chi connectivity index (χ1v) is 48.5. The van der Waals surface area contributed by atoms with Gasteiger partial charge in [0.05, 0.1) is 92.5 Å². The second-order valence-corrected chi connectivity index (χ2v) is 37.4. The number of hydrogen-bond acceptors (Lipinski definition) is 10. The number of rotatable bonds is 11. The molecule has 0 aliphatic carbocycles. The molecule has 0 amide bonds. The van der Waals surface area contributed by atoms with Crippen molar-refractivity contribution in [1.29, 1.82) is 0 Å². The first kappa shape index (κ1) is 80.1. The molecule has 140 heavy (non-hydrogen) atoms. The average Bonchev–Trinajstić information content (AvgIpc) is 1.58. The van der Waals surface area contributed by atoms with Crippen LogP contribution >= 0.6 is 22.7 Å². The molecule has 654 valence electrons. The highest BCUT2D eigenvalue weighted by Gasteiger charge is 2.27. The van der Waals surface area contributed by atoms with Gasteiger partial charge in [-0.1, -0.05) is 279 Å². The maximum absolute atomic E-state index is 5.87. The summed E-state index contributed by atoms with van der Waals surface area (Å²) in [4.78, 5) is 36.2. The van der Waals surface area contributed by atoms with E-state index in [1.54, 1.807) is 17.5 Å². The van der Waals surface area contributed by atoms with E-state index in [-0.39, 0.29) is 0 Å². The molecular formula is C125H76N12OS2. The molecule has 0 unspecified atom stereocenters. The van der Waals surface area contributed by atoms with E-state index in [0.717, 1.165) is 149 Å². The maximum Gasteiger partial charge on any atom is 0.246 e. The standard InChI is InChI=1S/C56H34N6S.C35H21N3S.C34H21N3O/c1-5-17-35(18-6-1)49-53-51(59-55(57-49)37-29-31-47-43(33-37)41-25-13-15-27-45(41)61(47)39-21-9-3-10-22-39)52-54(63-53)50(36-19-7-2-8-20-36)58-56(60-52)38-30-32-48-44(34-38)42-26-14-16-28-46(42)62(48)40-23-11-4-12-24-40;1-5-13-29-23(9-1)24-10-2-6-14-30(24)37(29)22-17-18-33-28(21-22)27-19-20-36-35(34(27)39-33)38-31-15-7-3-11-25(31)26-12-4-8-16-32(26)38;1-2-11-25(12-3-1)37-30-15-6-4-13-26(30)28-20-23(17-18-31(28)37)22-9-8-10-24(19-22)29-21-35-34-33(36-29)27-14-5-7-16-32(27)38-34/h1-34H;1-21H;1-21H. The number of fused-ring (bicyclic) bond motifs is 24. The van der Waals surface area contributed by atoms with Crippen molar-refractivity contribution in [3.05, 3.63) is 461 Å². The van der Waals surface area contributed by atoms with Crippen molar-refractivity contribution >= 4 is 195 Å². The Morgan fingerprint density at radius 1 is 0.207 bits per heavy atom. The van der Waals surface area contributed by atoms with Crippen molar-refractivity contribution in [3.63, 3.8) is 0 Å². The van der Waals surface area contributed by atoms with Crippen molar-refractivity contribution in [2.45, 2.75) is 0 Å². The highest BCUT2D eigenvalue weighted by Crippen LogP contribution is 2.48. The van der Waals surface area contributed by atoms with Crippen LogP contribution in [-0.2, 0) is 0 Å². The van der Waals surface area contributed by atoms with Crippen LogP contribution in [0.5, 0.6) is 0 Å². The third-order valence-electron chi connectivity index (χ3n) is 27.4. The topological polar surface area (TPSA) is 128 Å². The van der Waals surface area contributed by atoms with Gasteiger partial charge in [0, 0.05) is 131 Å². The third-order valence-corrected chi connectivity index (χ3v) is 29.8. The smallest absolute Gasteiger partial charge is 0.246 e. The van der Waals surface area contributed by atoms with Gasteiger partial charge in [-0.2, -0.15) is 0 Å². The monoisotopic (exact) mass is 1820 g/mol. The Labute approximate surface area is 808 Å². The molecule has 0 radical (unpaired) electrons. The number of pyridine rings is 1. The van der Waals surface area contributed by atoms with Gasteiger partial charge in [0.1, 0.15) is 22.1 Å². The van der Waals surface area contributed by atoms with Gasteiger partial charge < -0.3 is 22.7 Å². The Hall–Kier alpha value is -18.4. The minimum atomic E-state index is 0.561. The largest absolute Gasteiger partial charge is 0.436 e. The van der Waals surface area contributed by atoms with E-state index in [0.29, 0.717) is 17.4 Å². The van der Waals surface area contributed by atoms with Gasteiger partial charge in [-0.05, 0) is 181 Å². The van der Waals surface area contributed by atoms with Gasteiger partial charge >= 0.3 is 0 Å². The zero-order chi connectivity index (χ0) is 92.0. The summed E-state index contributed by atoms with van der Waals surface area (Å²) < 4.78 is 22.0. The van der Waals surface area contributed by atoms with Gasteiger partial charge in [0.25, 0.3) is 0 Å². The molecule has 0 fully saturated rings. The van der Waals surface area contributed by atoms with Gasteiger partial charge in [0.2, 0.25) is 5.71 Å². The lowest BCUT2D eigenvalue weighted by Gasteiger charge is -2.09. The molecule has 0 aliphatic heterocycles. The fourth-order valence-corrected chi connectivity index (χ4v) is 23.5. The van der Waals surface area contributed by atoms with Crippen molar-refractivity contribution in [1.82, 2.24) is 57.7 Å². The predicted octanol–water partition coefficient (Wildman–Crippen LogP) is 32.9. The van der Waals surface area contributed by atoms with E-state index in [1.807, 2.05) is 53.9 Å². The number of benzene rings is 18. The zero-order valence-electron chi connectivity index (χ0n) is 75.0. The van der Waals surface area contributed by atoms with Crippen LogP contribution in [-0.4, -0.2) is 57.7 Å². The summed E-state index contributed by atoms with van der Waals surface area (Å²) in [6.07, 6.45) is 3.75. The fraction of sp³-hybridized carbons (Fsp3) is 0. The number of aromatic nitrogens is 12. The minimum Gasteiger partial charge on any atom is -0.436 e. The summed E-state index contributed by atoms with van der Waals surface area (Å²) >= 11 is 3.49. The molecule has 0 aliphatic rings. The summed E-state index contributed by atoms with van der Waals surface area (Å²) in [5.74, 6) is 2.29. The van der Waals surface area contributed by atoms with Gasteiger partial charge in [-0.25, -0.2) is 34.9 Å². The molecule has 12 aromatic heterocycles. The normalized spacial score (nSPS) is 11.9. The predicted molar refractivity (Wildman–Crippen MR) is 581 cm³/mol. The average molecular weight is 1830 g/mol. The fourth-order valence-electron chi connectivity index (χ4n) is 21.1. The third kappa shape index (κ3) is 13.1. The summed E-state index contributed by atoms with van der Waals surface area (Å²) in [7, 11) is 0. The maximum atomic E-state index is 5.87. The van der Waals surface area contributed by atoms with Crippen LogP contribution in [0.25, 0.3) is 268 Å². The summed E-state index contributed by atoms with van der Waals surface area (Å²) in [5, 5.41) is 15.7. The number of nitrogens with zero attached hydrogens (tertiary/aromatic N) is 12. The van der Waals surface area contributed by atoms with Crippen LogP contribution in [0.15, 0.2) is 466 Å². The summed E-state index contributed by atoms with van der Waals surface area (Å²) in [5.41, 5.74) is 30.0. The first-order valence-electron chi connectivity index (χ1n) is 46.9. The van der Waals surface area contributed by atoms with E-state index in [2.05, 4.69) is 440 Å². The van der Waals surface area contributed by atoms with Gasteiger partial charge in [0.15, 0.2) is 17.5 Å². The molecule has 0 saturated heterocycles. The van der Waals surface area contributed by atoms with Gasteiger partial charge in [-0.15, -0.1) is 22.7 Å². The molecular weight excluding hydrogens is 1750 g/mol. The van der Waals surface area contributed by atoms with Crippen LogP contribution < -0.4 is 0 Å². The van der Waals surface area contributed by atoms with Crippen LogP contribution in [0.3, 0.4) is 0 Å². The Morgan fingerprint density at radius 3 is 1.04 bits per heavy atom. The highest BCUT2D eigenvalue weighted by atomic mass is 32.1. The Kier molecular flexibility index (Phi) is 18.7. The molecule has 15 heteroatoms. The Bertz CT molecular complexity index is 9880. The molecule has 0 saturated carbocycles. The summed E-state index contributed by atoms with van der Waals surface area (Å²) in [6.45, 7) is 0. The molecule has 0 atom stereocenters. The van der Waals surface area contributed by atoms with Crippen molar-refractivity contribution in [3.8, 4) is 96.2 Å². The first-order chi connectivity index (χ1) is 69.4. The molecule has 18 aromatic carbocycles. The minimum absolute atomic E-state index is 0.561. The van der Waals surface area contributed by atoms with Gasteiger partial charge in [-0.3, -0.25) is 4.57 Å². The van der Waals surface area contributed by atoms with Crippen molar-refractivity contribution in [2.75, 3.05) is 0 Å². The lowest BCUT2D eigenvalue weighted by Crippen LogP contribution is -1.97. The second-order valence-electron chi connectivity index (χ2n) is 35.4. The Morgan fingerprint density at radius 2 is 0.571 bits per heavy atom. The zero-order valence-corrected chi connectivity index (χ0v) is 76.6. The summed E-state index contributed by atoms with van der Waals surface area (Å²) in [6, 6.07) is 158. The molecule has 0 bridgehead atoms. The number of thiophene rings is 2.